The molecule has 0 heterocycles. The van der Waals surface area contributed by atoms with Crippen LogP contribution in [0.4, 0.5) is 13.2 Å². The molecular formula is C17H28F3NO4. The molecule has 0 radical (unpaired) electrons. The van der Waals surface area contributed by atoms with Crippen molar-refractivity contribution in [2.75, 3.05) is 0 Å². The molecule has 1 amide bonds. The van der Waals surface area contributed by atoms with E-state index in [4.69, 9.17) is 4.74 Å². The number of aliphatic hydroxyl groups excluding tert-OH is 1. The molecule has 0 saturated heterocycles. The zero-order valence-electron chi connectivity index (χ0n) is 15.7. The van der Waals surface area contributed by atoms with Crippen LogP contribution >= 0.6 is 0 Å². The molecule has 0 aliphatic heterocycles. The first-order valence-corrected chi connectivity index (χ1v) is 8.25. The Morgan fingerprint density at radius 2 is 1.60 bits per heavy atom. The molecule has 0 aromatic rings. The summed E-state index contributed by atoms with van der Waals surface area (Å²) in [7, 11) is 0. The monoisotopic (exact) mass is 367 g/mol. The Morgan fingerprint density at radius 1 is 1.16 bits per heavy atom. The van der Waals surface area contributed by atoms with Crippen LogP contribution in [0.15, 0.2) is 0 Å². The van der Waals surface area contributed by atoms with Crippen molar-refractivity contribution in [1.82, 2.24) is 5.32 Å². The highest BCUT2D eigenvalue weighted by atomic mass is 19.4. The third kappa shape index (κ3) is 4.46. The summed E-state index contributed by atoms with van der Waals surface area (Å²) in [6, 6.07) is -1.55. The molecular weight excluding hydrogens is 339 g/mol. The lowest BCUT2D eigenvalue weighted by Crippen LogP contribution is -2.56. The second-order valence-corrected chi connectivity index (χ2v) is 8.70. The highest BCUT2D eigenvalue weighted by Gasteiger charge is 2.73. The van der Waals surface area contributed by atoms with Gasteiger partial charge >= 0.3 is 12.1 Å². The van der Waals surface area contributed by atoms with Gasteiger partial charge < -0.3 is 15.2 Å². The minimum absolute atomic E-state index is 0.174. The Labute approximate surface area is 146 Å². The lowest BCUT2D eigenvalue weighted by atomic mass is 9.91. The van der Waals surface area contributed by atoms with E-state index in [1.807, 2.05) is 0 Å². The zero-order valence-corrected chi connectivity index (χ0v) is 15.7. The molecule has 1 rings (SSSR count). The number of nitrogens with one attached hydrogen (secondary N) is 1. The zero-order chi connectivity index (χ0) is 20.0. The van der Waals surface area contributed by atoms with Crippen LogP contribution in [-0.4, -0.2) is 40.9 Å². The van der Waals surface area contributed by atoms with E-state index < -0.39 is 52.5 Å². The molecule has 2 N–H and O–H groups in total. The van der Waals surface area contributed by atoms with Crippen molar-refractivity contribution in [2.45, 2.75) is 78.8 Å². The van der Waals surface area contributed by atoms with Crippen LogP contribution < -0.4 is 5.32 Å². The number of rotatable bonds is 5. The van der Waals surface area contributed by atoms with Gasteiger partial charge in [-0.05, 0) is 38.5 Å². The van der Waals surface area contributed by atoms with Gasteiger partial charge in [0.05, 0.1) is 6.04 Å². The summed E-state index contributed by atoms with van der Waals surface area (Å²) in [4.78, 5) is 25.3. The third-order valence-electron chi connectivity index (χ3n) is 4.56. The average Bonchev–Trinajstić information content (AvgIpc) is 2.96. The summed E-state index contributed by atoms with van der Waals surface area (Å²) in [5, 5.41) is 11.8. The Hall–Kier alpha value is -1.31. The second-order valence-electron chi connectivity index (χ2n) is 8.70. The fourth-order valence-corrected chi connectivity index (χ4v) is 2.90. The molecule has 1 unspecified atom stereocenters. The van der Waals surface area contributed by atoms with Crippen molar-refractivity contribution in [3.05, 3.63) is 0 Å². The van der Waals surface area contributed by atoms with E-state index in [9.17, 15) is 27.9 Å². The first kappa shape index (κ1) is 21.7. The molecule has 5 nitrogen and oxygen atoms in total. The van der Waals surface area contributed by atoms with Gasteiger partial charge in [-0.25, -0.2) is 0 Å². The van der Waals surface area contributed by atoms with Gasteiger partial charge in [-0.15, -0.1) is 0 Å². The van der Waals surface area contributed by atoms with E-state index in [-0.39, 0.29) is 6.42 Å². The summed E-state index contributed by atoms with van der Waals surface area (Å²) in [6.07, 6.45) is -7.41. The van der Waals surface area contributed by atoms with Crippen molar-refractivity contribution in [3.8, 4) is 0 Å². The van der Waals surface area contributed by atoms with Gasteiger partial charge in [0.25, 0.3) is 0 Å². The van der Waals surface area contributed by atoms with Crippen molar-refractivity contribution in [1.29, 1.82) is 0 Å². The second kappa shape index (κ2) is 6.45. The van der Waals surface area contributed by atoms with Crippen LogP contribution in [0.2, 0.25) is 0 Å². The lowest BCUT2D eigenvalue weighted by molar-refractivity contribution is -0.215. The molecule has 146 valence electrons. The summed E-state index contributed by atoms with van der Waals surface area (Å²) in [6.45, 7) is 11.2. The van der Waals surface area contributed by atoms with Gasteiger partial charge in [0.15, 0.2) is 11.5 Å². The van der Waals surface area contributed by atoms with Crippen molar-refractivity contribution >= 4 is 11.9 Å². The number of halogens is 3. The van der Waals surface area contributed by atoms with Crippen molar-refractivity contribution in [3.63, 3.8) is 0 Å². The number of hydrogen-bond donors (Lipinski definition) is 2. The Balaban J connectivity index is 3.07. The average molecular weight is 367 g/mol. The van der Waals surface area contributed by atoms with E-state index in [1.54, 1.807) is 34.6 Å². The van der Waals surface area contributed by atoms with Crippen LogP contribution in [0.3, 0.4) is 0 Å². The van der Waals surface area contributed by atoms with Crippen LogP contribution in [0.1, 0.15) is 54.9 Å². The van der Waals surface area contributed by atoms with Crippen LogP contribution in [-0.2, 0) is 14.3 Å². The molecule has 1 saturated carbocycles. The summed E-state index contributed by atoms with van der Waals surface area (Å²) in [5.74, 6) is -2.28. The molecule has 0 aromatic carbocycles. The van der Waals surface area contributed by atoms with Crippen LogP contribution in [0.25, 0.3) is 0 Å². The summed E-state index contributed by atoms with van der Waals surface area (Å²) >= 11 is 0. The minimum Gasteiger partial charge on any atom is -0.459 e. The fraction of sp³-hybridized carbons (Fsp3) is 0.882. The van der Waals surface area contributed by atoms with Gasteiger partial charge in [0, 0.05) is 0 Å². The first-order chi connectivity index (χ1) is 11.0. The molecule has 0 spiro atoms. The van der Waals surface area contributed by atoms with Crippen molar-refractivity contribution in [2.24, 2.45) is 16.7 Å². The number of ether oxygens (including phenoxy) is 1. The fourth-order valence-electron chi connectivity index (χ4n) is 2.90. The molecule has 1 aliphatic rings. The molecule has 0 aromatic heterocycles. The van der Waals surface area contributed by atoms with E-state index in [0.717, 1.165) is 0 Å². The highest BCUT2D eigenvalue weighted by molar-refractivity contribution is 6.07. The van der Waals surface area contributed by atoms with Crippen LogP contribution in [0, 0.1) is 16.7 Å². The Kier molecular flexibility index (Phi) is 5.60. The predicted octanol–water partition coefficient (Wildman–Crippen LogP) is 2.81. The van der Waals surface area contributed by atoms with Gasteiger partial charge in [0.1, 0.15) is 5.60 Å². The molecule has 0 bridgehead atoms. The number of amides is 1. The standard InChI is InChI=1S/C17H28F3NO4/c1-9(2)10(11(22)17(18,19)20)21-12(23)16(8-15(16,6)7)13(24)25-14(3,4)5/h9-11,22H,8H2,1-7H3,(H,21,23)/t10-,11-,16?/m0/s1. The predicted molar refractivity (Wildman–Crippen MR) is 85.5 cm³/mol. The number of aliphatic hydroxyl groups is 1. The van der Waals surface area contributed by atoms with E-state index in [0.29, 0.717) is 0 Å². The van der Waals surface area contributed by atoms with E-state index >= 15 is 0 Å². The minimum atomic E-state index is -4.87. The first-order valence-electron chi connectivity index (χ1n) is 8.25. The lowest BCUT2D eigenvalue weighted by Gasteiger charge is -2.31. The van der Waals surface area contributed by atoms with E-state index in [1.165, 1.54) is 13.8 Å². The maximum atomic E-state index is 12.9. The Bertz CT molecular complexity index is 537. The number of hydrogen-bond acceptors (Lipinski definition) is 4. The van der Waals surface area contributed by atoms with Gasteiger partial charge in [-0.2, -0.15) is 13.2 Å². The molecule has 1 aliphatic carbocycles. The normalized spacial score (nSPS) is 25.3. The third-order valence-corrected chi connectivity index (χ3v) is 4.56. The SMILES string of the molecule is CC(C)[C@H](NC(=O)C1(C(=O)OC(C)(C)C)CC1(C)C)[C@H](O)C(F)(F)F. The molecule has 8 heteroatoms. The number of carbonyl (C=O) groups excluding carboxylic acids is 2. The van der Waals surface area contributed by atoms with Crippen LogP contribution in [0.5, 0.6) is 0 Å². The maximum Gasteiger partial charge on any atom is 0.416 e. The maximum absolute atomic E-state index is 12.9. The molecule has 3 atom stereocenters. The highest BCUT2D eigenvalue weighted by Crippen LogP contribution is 2.64. The van der Waals surface area contributed by atoms with Gasteiger partial charge in [-0.1, -0.05) is 27.7 Å². The largest absolute Gasteiger partial charge is 0.459 e. The summed E-state index contributed by atoms with van der Waals surface area (Å²) < 4.78 is 43.9. The van der Waals surface area contributed by atoms with Gasteiger partial charge in [-0.3, -0.25) is 9.59 Å². The Morgan fingerprint density at radius 3 is 1.88 bits per heavy atom. The van der Waals surface area contributed by atoms with Gasteiger partial charge in [0.2, 0.25) is 5.91 Å². The number of esters is 1. The molecule has 25 heavy (non-hydrogen) atoms. The quantitative estimate of drug-likeness (QED) is 0.579. The van der Waals surface area contributed by atoms with Crippen molar-refractivity contribution < 1.29 is 32.6 Å². The number of carbonyl (C=O) groups is 2. The summed E-state index contributed by atoms with van der Waals surface area (Å²) in [5.41, 5.74) is -3.10. The van der Waals surface area contributed by atoms with E-state index in [2.05, 4.69) is 5.32 Å². The topological polar surface area (TPSA) is 75.6 Å². The smallest absolute Gasteiger partial charge is 0.416 e. The number of alkyl halides is 3. The molecule has 1 fully saturated rings.